The topological polar surface area (TPSA) is 93.0 Å². The van der Waals surface area contributed by atoms with E-state index in [2.05, 4.69) is 15.3 Å². The van der Waals surface area contributed by atoms with E-state index >= 15 is 0 Å². The molecule has 0 radical (unpaired) electrons. The fourth-order valence-electron chi connectivity index (χ4n) is 2.29. The zero-order valence-corrected chi connectivity index (χ0v) is 10.6. The van der Waals surface area contributed by atoms with Crippen LogP contribution in [0.5, 0.6) is 0 Å². The zero-order valence-electron chi connectivity index (χ0n) is 10.6. The molecule has 0 atom stereocenters. The van der Waals surface area contributed by atoms with Crippen molar-refractivity contribution in [1.29, 1.82) is 0 Å². The molecule has 0 unspecified atom stereocenters. The summed E-state index contributed by atoms with van der Waals surface area (Å²) in [5, 5.41) is 3.72. The van der Waals surface area contributed by atoms with Crippen LogP contribution in [0.1, 0.15) is 12.8 Å². The van der Waals surface area contributed by atoms with Crippen molar-refractivity contribution in [3.8, 4) is 0 Å². The van der Waals surface area contributed by atoms with Crippen LogP contribution in [0, 0.1) is 0 Å². The second-order valence-electron chi connectivity index (χ2n) is 4.86. The number of nitrogens with two attached hydrogens (primary N) is 1. The Labute approximate surface area is 110 Å². The lowest BCUT2D eigenvalue weighted by atomic mass is 9.89. The van der Waals surface area contributed by atoms with Gasteiger partial charge in [0.05, 0.1) is 17.0 Å². The molecule has 3 rings (SSSR count). The number of methoxy groups -OCH3 is 1. The molecule has 2 aromatic rings. The molecular weight excluding hydrogens is 244 g/mol. The highest BCUT2D eigenvalue weighted by Gasteiger charge is 2.29. The van der Waals surface area contributed by atoms with Crippen molar-refractivity contribution in [3.63, 3.8) is 0 Å². The second kappa shape index (κ2) is 4.55. The number of benzene rings is 1. The first-order valence-electron chi connectivity index (χ1n) is 6.24. The summed E-state index contributed by atoms with van der Waals surface area (Å²) < 4.78 is 5.21. The standard InChI is InChI=1S/C13H16N4O2/c1-19-9-5-8(6-9)15-13-16-11-3-2-7(14)4-10(11)12(18)17-13/h2-4,8-9H,5-6,14H2,1H3,(H2,15,16,17,18). The van der Waals surface area contributed by atoms with Gasteiger partial charge >= 0.3 is 0 Å². The Morgan fingerprint density at radius 3 is 3.00 bits per heavy atom. The number of hydrogen-bond acceptors (Lipinski definition) is 5. The molecule has 1 fully saturated rings. The number of rotatable bonds is 3. The second-order valence-corrected chi connectivity index (χ2v) is 4.86. The summed E-state index contributed by atoms with van der Waals surface area (Å²) in [5.74, 6) is 0.502. The van der Waals surface area contributed by atoms with E-state index in [9.17, 15) is 4.79 Å². The van der Waals surface area contributed by atoms with Gasteiger partial charge in [-0.15, -0.1) is 0 Å². The number of anilines is 2. The van der Waals surface area contributed by atoms with Gasteiger partial charge in [0, 0.05) is 18.8 Å². The Hall–Kier alpha value is -2.08. The molecule has 1 aromatic heterocycles. The van der Waals surface area contributed by atoms with Gasteiger partial charge in [0.15, 0.2) is 0 Å². The van der Waals surface area contributed by atoms with E-state index in [0.717, 1.165) is 12.8 Å². The average Bonchev–Trinajstić information content (AvgIpc) is 2.34. The molecule has 6 nitrogen and oxygen atoms in total. The van der Waals surface area contributed by atoms with Crippen molar-refractivity contribution < 1.29 is 4.74 Å². The highest BCUT2D eigenvalue weighted by molar-refractivity contribution is 5.81. The van der Waals surface area contributed by atoms with Crippen molar-refractivity contribution in [1.82, 2.24) is 9.97 Å². The number of nitrogens with one attached hydrogen (secondary N) is 2. The van der Waals surface area contributed by atoms with Crippen molar-refractivity contribution in [3.05, 3.63) is 28.6 Å². The molecule has 0 saturated heterocycles. The SMILES string of the molecule is COC1CC(Nc2nc3ccc(N)cc3c(=O)[nH]2)C1. The number of nitrogens with zero attached hydrogens (tertiary/aromatic N) is 1. The predicted octanol–water partition coefficient (Wildman–Crippen LogP) is 1.09. The number of aromatic nitrogens is 2. The molecule has 1 saturated carbocycles. The molecular formula is C13H16N4O2. The molecule has 0 bridgehead atoms. The van der Waals surface area contributed by atoms with E-state index in [1.165, 1.54) is 0 Å². The minimum absolute atomic E-state index is 0.178. The number of hydrogen-bond donors (Lipinski definition) is 3. The van der Waals surface area contributed by atoms with Crippen molar-refractivity contribution >= 4 is 22.5 Å². The first-order valence-corrected chi connectivity index (χ1v) is 6.24. The first kappa shape index (κ1) is 12.0. The molecule has 1 aromatic carbocycles. The maximum absolute atomic E-state index is 11.9. The van der Waals surface area contributed by atoms with E-state index < -0.39 is 0 Å². The molecule has 4 N–H and O–H groups in total. The number of H-pyrrole nitrogens is 1. The number of aromatic amines is 1. The van der Waals surface area contributed by atoms with Crippen LogP contribution in [0.3, 0.4) is 0 Å². The first-order chi connectivity index (χ1) is 9.15. The molecule has 6 heteroatoms. The fourth-order valence-corrected chi connectivity index (χ4v) is 2.29. The van der Waals surface area contributed by atoms with Crippen molar-refractivity contribution in [2.24, 2.45) is 0 Å². The maximum Gasteiger partial charge on any atom is 0.260 e. The summed E-state index contributed by atoms with van der Waals surface area (Å²) in [4.78, 5) is 19.1. The van der Waals surface area contributed by atoms with Crippen LogP contribution in [0.2, 0.25) is 0 Å². The summed E-state index contributed by atoms with van der Waals surface area (Å²) in [5.41, 5.74) is 6.68. The zero-order chi connectivity index (χ0) is 13.4. The van der Waals surface area contributed by atoms with Gasteiger partial charge in [0.1, 0.15) is 0 Å². The van der Waals surface area contributed by atoms with E-state index in [1.54, 1.807) is 25.3 Å². The molecule has 19 heavy (non-hydrogen) atoms. The van der Waals surface area contributed by atoms with Crippen LogP contribution in [0.15, 0.2) is 23.0 Å². The van der Waals surface area contributed by atoms with Gasteiger partial charge in [-0.3, -0.25) is 9.78 Å². The van der Waals surface area contributed by atoms with Crippen molar-refractivity contribution in [2.45, 2.75) is 25.0 Å². The molecule has 1 aliphatic rings. The lowest BCUT2D eigenvalue weighted by molar-refractivity contribution is 0.0327. The Kier molecular flexibility index (Phi) is 2.87. The van der Waals surface area contributed by atoms with Crippen LogP contribution < -0.4 is 16.6 Å². The largest absolute Gasteiger partial charge is 0.399 e. The third-order valence-electron chi connectivity index (χ3n) is 3.50. The number of nitrogen functional groups attached to an aromatic ring is 1. The Bertz CT molecular complexity index is 661. The monoisotopic (exact) mass is 260 g/mol. The fraction of sp³-hybridized carbons (Fsp3) is 0.385. The molecule has 0 spiro atoms. The van der Waals surface area contributed by atoms with Gasteiger partial charge in [-0.1, -0.05) is 0 Å². The van der Waals surface area contributed by atoms with Gasteiger partial charge in [0.2, 0.25) is 5.95 Å². The minimum atomic E-state index is -0.178. The third-order valence-corrected chi connectivity index (χ3v) is 3.50. The van der Waals surface area contributed by atoms with Crippen LogP contribution >= 0.6 is 0 Å². The highest BCUT2D eigenvalue weighted by Crippen LogP contribution is 2.25. The minimum Gasteiger partial charge on any atom is -0.399 e. The predicted molar refractivity (Wildman–Crippen MR) is 74.2 cm³/mol. The summed E-state index contributed by atoms with van der Waals surface area (Å²) in [7, 11) is 1.71. The van der Waals surface area contributed by atoms with E-state index in [0.29, 0.717) is 34.7 Å². The molecule has 1 heterocycles. The van der Waals surface area contributed by atoms with Gasteiger partial charge in [-0.05, 0) is 31.0 Å². The summed E-state index contributed by atoms with van der Waals surface area (Å²) in [6.45, 7) is 0. The number of ether oxygens (including phenoxy) is 1. The van der Waals surface area contributed by atoms with E-state index in [1.807, 2.05) is 0 Å². The lowest BCUT2D eigenvalue weighted by Gasteiger charge is -2.34. The summed E-state index contributed by atoms with van der Waals surface area (Å²) >= 11 is 0. The van der Waals surface area contributed by atoms with E-state index in [-0.39, 0.29) is 5.56 Å². The van der Waals surface area contributed by atoms with Crippen LogP contribution in [-0.4, -0.2) is 29.2 Å². The van der Waals surface area contributed by atoms with Crippen LogP contribution in [-0.2, 0) is 4.74 Å². The van der Waals surface area contributed by atoms with E-state index in [4.69, 9.17) is 10.5 Å². The van der Waals surface area contributed by atoms with Gasteiger partial charge in [-0.2, -0.15) is 0 Å². The summed E-state index contributed by atoms with van der Waals surface area (Å²) in [6.07, 6.45) is 2.17. The third kappa shape index (κ3) is 2.26. The van der Waals surface area contributed by atoms with Gasteiger partial charge in [-0.25, -0.2) is 4.98 Å². The lowest BCUT2D eigenvalue weighted by Crippen LogP contribution is -2.40. The van der Waals surface area contributed by atoms with Crippen LogP contribution in [0.4, 0.5) is 11.6 Å². The molecule has 0 aliphatic heterocycles. The van der Waals surface area contributed by atoms with Gasteiger partial charge in [0.25, 0.3) is 5.56 Å². The van der Waals surface area contributed by atoms with Crippen LogP contribution in [0.25, 0.3) is 10.9 Å². The average molecular weight is 260 g/mol. The maximum atomic E-state index is 11.9. The Balaban J connectivity index is 1.85. The quantitative estimate of drug-likeness (QED) is 0.718. The van der Waals surface area contributed by atoms with Gasteiger partial charge < -0.3 is 15.8 Å². The molecule has 0 amide bonds. The summed E-state index contributed by atoms with van der Waals surface area (Å²) in [6, 6.07) is 5.43. The molecule has 1 aliphatic carbocycles. The number of fused-ring (bicyclic) bond motifs is 1. The highest BCUT2D eigenvalue weighted by atomic mass is 16.5. The molecule has 100 valence electrons. The normalized spacial score (nSPS) is 22.2. The smallest absolute Gasteiger partial charge is 0.260 e. The Morgan fingerprint density at radius 1 is 1.47 bits per heavy atom. The van der Waals surface area contributed by atoms with Crippen molar-refractivity contribution in [2.75, 3.05) is 18.2 Å². The Morgan fingerprint density at radius 2 is 2.26 bits per heavy atom.